The molecule has 1 aromatic rings. The molecule has 0 radical (unpaired) electrons. The average molecular weight is 254 g/mol. The van der Waals surface area contributed by atoms with Gasteiger partial charge in [0.25, 0.3) is 0 Å². The van der Waals surface area contributed by atoms with Gasteiger partial charge in [0.15, 0.2) is 11.6 Å². The molecule has 0 fully saturated rings. The highest BCUT2D eigenvalue weighted by Crippen LogP contribution is 2.33. The molecule has 0 amide bonds. The first-order chi connectivity index (χ1) is 8.50. The summed E-state index contributed by atoms with van der Waals surface area (Å²) < 4.78 is 18.9. The SMILES string of the molecule is CCC(CC)(Cc1cccc(OC)c1F)C(=O)O. The number of hydrogen-bond acceptors (Lipinski definition) is 2. The van der Waals surface area contributed by atoms with E-state index in [1.165, 1.54) is 13.2 Å². The summed E-state index contributed by atoms with van der Waals surface area (Å²) in [6.07, 6.45) is 1.11. The van der Waals surface area contributed by atoms with Crippen LogP contribution < -0.4 is 4.74 Å². The van der Waals surface area contributed by atoms with Gasteiger partial charge in [-0.15, -0.1) is 0 Å². The van der Waals surface area contributed by atoms with Crippen molar-refractivity contribution in [2.24, 2.45) is 5.41 Å². The standard InChI is InChI=1S/C14H19FO3/c1-4-14(5-2,13(16)17)9-10-7-6-8-11(18-3)12(10)15/h6-8H,4-5,9H2,1-3H3,(H,16,17). The molecule has 0 aromatic heterocycles. The first-order valence-electron chi connectivity index (χ1n) is 6.05. The second-order valence-corrected chi connectivity index (χ2v) is 4.40. The number of halogens is 1. The van der Waals surface area contributed by atoms with E-state index in [4.69, 9.17) is 4.74 Å². The Morgan fingerprint density at radius 1 is 1.39 bits per heavy atom. The highest BCUT2D eigenvalue weighted by molar-refractivity contribution is 5.75. The summed E-state index contributed by atoms with van der Waals surface area (Å²) in [5.41, 5.74) is -0.520. The molecule has 0 heterocycles. The molecular formula is C14H19FO3. The second kappa shape index (κ2) is 5.85. The molecule has 0 aliphatic carbocycles. The van der Waals surface area contributed by atoms with Crippen molar-refractivity contribution in [2.75, 3.05) is 7.11 Å². The molecule has 0 aliphatic heterocycles. The monoisotopic (exact) mass is 254 g/mol. The molecule has 0 bridgehead atoms. The normalized spacial score (nSPS) is 11.3. The Morgan fingerprint density at radius 2 is 2.00 bits per heavy atom. The minimum absolute atomic E-state index is 0.152. The summed E-state index contributed by atoms with van der Waals surface area (Å²) in [6.45, 7) is 3.63. The number of carboxylic acid groups (broad SMARTS) is 1. The fraction of sp³-hybridized carbons (Fsp3) is 0.500. The molecule has 100 valence electrons. The number of ether oxygens (including phenoxy) is 1. The van der Waals surface area contributed by atoms with Crippen LogP contribution in [-0.4, -0.2) is 18.2 Å². The lowest BCUT2D eigenvalue weighted by atomic mass is 9.77. The number of benzene rings is 1. The molecule has 0 saturated heterocycles. The topological polar surface area (TPSA) is 46.5 Å². The summed E-state index contributed by atoms with van der Waals surface area (Å²) in [4.78, 5) is 11.4. The van der Waals surface area contributed by atoms with E-state index in [0.29, 0.717) is 18.4 Å². The van der Waals surface area contributed by atoms with Gasteiger partial charge >= 0.3 is 5.97 Å². The Kier molecular flexibility index (Phi) is 4.70. The third-order valence-corrected chi connectivity index (χ3v) is 3.60. The van der Waals surface area contributed by atoms with Crippen molar-refractivity contribution in [2.45, 2.75) is 33.1 Å². The van der Waals surface area contributed by atoms with Gasteiger partial charge in [0.2, 0.25) is 0 Å². The highest BCUT2D eigenvalue weighted by atomic mass is 19.1. The predicted molar refractivity (Wildman–Crippen MR) is 67.3 cm³/mol. The van der Waals surface area contributed by atoms with Crippen LogP contribution in [0.15, 0.2) is 18.2 Å². The Labute approximate surface area is 107 Å². The van der Waals surface area contributed by atoms with Gasteiger partial charge in [0.05, 0.1) is 12.5 Å². The van der Waals surface area contributed by atoms with Gasteiger partial charge < -0.3 is 9.84 Å². The van der Waals surface area contributed by atoms with Crippen LogP contribution in [0.5, 0.6) is 5.75 Å². The molecular weight excluding hydrogens is 235 g/mol. The number of methoxy groups -OCH3 is 1. The lowest BCUT2D eigenvalue weighted by Gasteiger charge is -2.27. The number of carbonyl (C=O) groups is 1. The van der Waals surface area contributed by atoms with Gasteiger partial charge in [-0.1, -0.05) is 26.0 Å². The molecule has 0 saturated carbocycles. The maximum atomic E-state index is 14.0. The first kappa shape index (κ1) is 14.5. The molecule has 0 spiro atoms. The van der Waals surface area contributed by atoms with E-state index >= 15 is 0 Å². The summed E-state index contributed by atoms with van der Waals surface area (Å²) in [7, 11) is 1.40. The minimum Gasteiger partial charge on any atom is -0.494 e. The Balaban J connectivity index is 3.12. The van der Waals surface area contributed by atoms with Crippen LogP contribution in [0.25, 0.3) is 0 Å². The Bertz CT molecular complexity index is 425. The van der Waals surface area contributed by atoms with E-state index < -0.39 is 17.2 Å². The minimum atomic E-state index is -0.910. The molecule has 4 heteroatoms. The first-order valence-corrected chi connectivity index (χ1v) is 6.05. The maximum absolute atomic E-state index is 14.0. The van der Waals surface area contributed by atoms with Crippen LogP contribution in [-0.2, 0) is 11.2 Å². The fourth-order valence-corrected chi connectivity index (χ4v) is 2.09. The molecule has 3 nitrogen and oxygen atoms in total. The lowest BCUT2D eigenvalue weighted by Crippen LogP contribution is -2.32. The Hall–Kier alpha value is -1.58. The number of rotatable bonds is 6. The van der Waals surface area contributed by atoms with Crippen molar-refractivity contribution in [3.05, 3.63) is 29.6 Å². The average Bonchev–Trinajstić information content (AvgIpc) is 2.37. The Morgan fingerprint density at radius 3 is 2.44 bits per heavy atom. The summed E-state index contributed by atoms with van der Waals surface area (Å²) in [5.74, 6) is -1.19. The van der Waals surface area contributed by atoms with E-state index in [9.17, 15) is 14.3 Å². The van der Waals surface area contributed by atoms with Crippen molar-refractivity contribution in [3.8, 4) is 5.75 Å². The van der Waals surface area contributed by atoms with E-state index in [1.807, 2.05) is 13.8 Å². The number of aliphatic carboxylic acids is 1. The van der Waals surface area contributed by atoms with Crippen LogP contribution in [0, 0.1) is 11.2 Å². The van der Waals surface area contributed by atoms with Crippen LogP contribution in [0.4, 0.5) is 4.39 Å². The zero-order valence-electron chi connectivity index (χ0n) is 11.0. The van der Waals surface area contributed by atoms with Crippen LogP contribution in [0.3, 0.4) is 0 Å². The quantitative estimate of drug-likeness (QED) is 0.847. The van der Waals surface area contributed by atoms with Crippen molar-refractivity contribution < 1.29 is 19.0 Å². The van der Waals surface area contributed by atoms with Crippen LogP contribution >= 0.6 is 0 Å². The van der Waals surface area contributed by atoms with Crippen LogP contribution in [0.1, 0.15) is 32.3 Å². The highest BCUT2D eigenvalue weighted by Gasteiger charge is 2.35. The van der Waals surface area contributed by atoms with Gasteiger partial charge in [0, 0.05) is 0 Å². The second-order valence-electron chi connectivity index (χ2n) is 4.40. The van der Waals surface area contributed by atoms with Gasteiger partial charge in [-0.05, 0) is 30.9 Å². The van der Waals surface area contributed by atoms with E-state index in [-0.39, 0.29) is 12.2 Å². The molecule has 0 unspecified atom stereocenters. The molecule has 0 atom stereocenters. The smallest absolute Gasteiger partial charge is 0.309 e. The van der Waals surface area contributed by atoms with Crippen LogP contribution in [0.2, 0.25) is 0 Å². The van der Waals surface area contributed by atoms with Gasteiger partial charge in [-0.25, -0.2) is 4.39 Å². The zero-order valence-corrected chi connectivity index (χ0v) is 11.0. The van der Waals surface area contributed by atoms with E-state index in [0.717, 1.165) is 0 Å². The van der Waals surface area contributed by atoms with Crippen molar-refractivity contribution in [1.82, 2.24) is 0 Å². The summed E-state index contributed by atoms with van der Waals surface area (Å²) in [5, 5.41) is 9.35. The molecule has 18 heavy (non-hydrogen) atoms. The summed E-state index contributed by atoms with van der Waals surface area (Å²) >= 11 is 0. The van der Waals surface area contributed by atoms with Gasteiger partial charge in [-0.3, -0.25) is 4.79 Å². The molecule has 0 aliphatic rings. The van der Waals surface area contributed by atoms with E-state index in [1.54, 1.807) is 12.1 Å². The van der Waals surface area contributed by atoms with E-state index in [2.05, 4.69) is 0 Å². The number of hydrogen-bond donors (Lipinski definition) is 1. The zero-order chi connectivity index (χ0) is 13.8. The van der Waals surface area contributed by atoms with Crippen molar-refractivity contribution >= 4 is 5.97 Å². The lowest BCUT2D eigenvalue weighted by molar-refractivity contribution is -0.149. The molecule has 1 aromatic carbocycles. The molecule has 1 N–H and O–H groups in total. The van der Waals surface area contributed by atoms with Gasteiger partial charge in [0.1, 0.15) is 0 Å². The summed E-state index contributed by atoms with van der Waals surface area (Å²) in [6, 6.07) is 4.81. The largest absolute Gasteiger partial charge is 0.494 e. The maximum Gasteiger partial charge on any atom is 0.309 e. The third-order valence-electron chi connectivity index (χ3n) is 3.60. The van der Waals surface area contributed by atoms with Gasteiger partial charge in [-0.2, -0.15) is 0 Å². The van der Waals surface area contributed by atoms with Crippen molar-refractivity contribution in [3.63, 3.8) is 0 Å². The number of carboxylic acids is 1. The third kappa shape index (κ3) is 2.63. The van der Waals surface area contributed by atoms with Crippen molar-refractivity contribution in [1.29, 1.82) is 0 Å². The predicted octanol–water partition coefficient (Wildman–Crippen LogP) is 3.27. The fourth-order valence-electron chi connectivity index (χ4n) is 2.09. The molecule has 1 rings (SSSR count).